The monoisotopic (exact) mass is 258 g/mol. The van der Waals surface area contributed by atoms with Gasteiger partial charge in [0.2, 0.25) is 0 Å². The van der Waals surface area contributed by atoms with E-state index in [9.17, 15) is 9.59 Å². The van der Waals surface area contributed by atoms with Gasteiger partial charge in [-0.05, 0) is 25.7 Å². The normalized spacial score (nSPS) is 14.1. The SMILES string of the molecule is CC[C@H](NC(=O)NC(C)CCCC(C)C)C(=O)O. The molecule has 5 nitrogen and oxygen atoms in total. The molecule has 0 aromatic rings. The number of carboxylic acid groups (broad SMARTS) is 1. The number of aliphatic carboxylic acids is 1. The number of urea groups is 1. The van der Waals surface area contributed by atoms with E-state index in [1.54, 1.807) is 6.92 Å². The second kappa shape index (κ2) is 8.78. The minimum absolute atomic E-state index is 0.0649. The fourth-order valence-corrected chi connectivity index (χ4v) is 1.67. The molecule has 18 heavy (non-hydrogen) atoms. The molecule has 0 aromatic heterocycles. The van der Waals surface area contributed by atoms with Crippen LogP contribution in [-0.4, -0.2) is 29.2 Å². The lowest BCUT2D eigenvalue weighted by Crippen LogP contribution is -2.48. The molecule has 0 spiro atoms. The molecule has 0 rings (SSSR count). The van der Waals surface area contributed by atoms with Crippen molar-refractivity contribution in [1.29, 1.82) is 0 Å². The van der Waals surface area contributed by atoms with Gasteiger partial charge in [0, 0.05) is 6.04 Å². The zero-order valence-electron chi connectivity index (χ0n) is 11.8. The Labute approximate surface area is 109 Å². The van der Waals surface area contributed by atoms with E-state index in [0.717, 1.165) is 19.3 Å². The molecular weight excluding hydrogens is 232 g/mol. The van der Waals surface area contributed by atoms with Crippen molar-refractivity contribution >= 4 is 12.0 Å². The highest BCUT2D eigenvalue weighted by molar-refractivity contribution is 5.82. The molecule has 0 saturated carbocycles. The smallest absolute Gasteiger partial charge is 0.326 e. The molecule has 0 aromatic carbocycles. The summed E-state index contributed by atoms with van der Waals surface area (Å²) in [6.45, 7) is 8.00. The van der Waals surface area contributed by atoms with Gasteiger partial charge >= 0.3 is 12.0 Å². The Balaban J connectivity index is 3.89. The van der Waals surface area contributed by atoms with Crippen LogP contribution < -0.4 is 10.6 Å². The maximum Gasteiger partial charge on any atom is 0.326 e. The van der Waals surface area contributed by atoms with Gasteiger partial charge in [-0.15, -0.1) is 0 Å². The molecule has 0 heterocycles. The average Bonchev–Trinajstić information content (AvgIpc) is 2.24. The minimum atomic E-state index is -1.000. The molecule has 0 saturated heterocycles. The largest absolute Gasteiger partial charge is 0.480 e. The van der Waals surface area contributed by atoms with Gasteiger partial charge in [0.25, 0.3) is 0 Å². The molecule has 0 radical (unpaired) electrons. The van der Waals surface area contributed by atoms with E-state index >= 15 is 0 Å². The van der Waals surface area contributed by atoms with E-state index in [1.165, 1.54) is 0 Å². The van der Waals surface area contributed by atoms with Crippen LogP contribution in [0.15, 0.2) is 0 Å². The second-order valence-corrected chi connectivity index (χ2v) is 5.14. The van der Waals surface area contributed by atoms with Crippen molar-refractivity contribution < 1.29 is 14.7 Å². The third-order valence-electron chi connectivity index (χ3n) is 2.81. The molecule has 1 unspecified atom stereocenters. The molecule has 2 atom stereocenters. The van der Waals surface area contributed by atoms with E-state index in [2.05, 4.69) is 24.5 Å². The van der Waals surface area contributed by atoms with Gasteiger partial charge in [-0.2, -0.15) is 0 Å². The topological polar surface area (TPSA) is 78.4 Å². The predicted octanol–water partition coefficient (Wildman–Crippen LogP) is 2.36. The Kier molecular flexibility index (Phi) is 8.16. The molecule has 2 amide bonds. The number of carboxylic acids is 1. The molecular formula is C13H26N2O3. The predicted molar refractivity (Wildman–Crippen MR) is 71.5 cm³/mol. The highest BCUT2D eigenvalue weighted by Gasteiger charge is 2.18. The quantitative estimate of drug-likeness (QED) is 0.625. The number of nitrogens with one attached hydrogen (secondary N) is 2. The molecule has 0 aliphatic carbocycles. The van der Waals surface area contributed by atoms with Gasteiger partial charge in [-0.25, -0.2) is 9.59 Å². The first-order valence-corrected chi connectivity index (χ1v) is 6.66. The van der Waals surface area contributed by atoms with Crippen molar-refractivity contribution in [3.05, 3.63) is 0 Å². The highest BCUT2D eigenvalue weighted by Crippen LogP contribution is 2.08. The fourth-order valence-electron chi connectivity index (χ4n) is 1.67. The van der Waals surface area contributed by atoms with Crippen LogP contribution in [0.5, 0.6) is 0 Å². The van der Waals surface area contributed by atoms with Gasteiger partial charge in [0.1, 0.15) is 6.04 Å². The first-order chi connectivity index (χ1) is 8.36. The summed E-state index contributed by atoms with van der Waals surface area (Å²) in [4.78, 5) is 22.3. The van der Waals surface area contributed by atoms with Gasteiger partial charge in [-0.1, -0.05) is 33.6 Å². The van der Waals surface area contributed by atoms with E-state index in [-0.39, 0.29) is 6.04 Å². The summed E-state index contributed by atoms with van der Waals surface area (Å²) < 4.78 is 0. The standard InChI is InChI=1S/C13H26N2O3/c1-5-11(12(16)17)15-13(18)14-10(4)8-6-7-9(2)3/h9-11H,5-8H2,1-4H3,(H,16,17)(H2,14,15,18)/t10?,11-/m0/s1. The Bertz CT molecular complexity index is 267. The van der Waals surface area contributed by atoms with E-state index in [1.807, 2.05) is 6.92 Å². The summed E-state index contributed by atoms with van der Waals surface area (Å²) in [7, 11) is 0. The number of hydrogen-bond donors (Lipinski definition) is 3. The first kappa shape index (κ1) is 16.7. The summed E-state index contributed by atoms with van der Waals surface area (Å²) >= 11 is 0. The lowest BCUT2D eigenvalue weighted by atomic mass is 10.0. The number of hydrogen-bond acceptors (Lipinski definition) is 2. The van der Waals surface area contributed by atoms with Crippen molar-refractivity contribution in [2.24, 2.45) is 5.92 Å². The minimum Gasteiger partial charge on any atom is -0.480 e. The van der Waals surface area contributed by atoms with Crippen LogP contribution in [0.1, 0.15) is 53.4 Å². The molecule has 106 valence electrons. The van der Waals surface area contributed by atoms with Crippen molar-refractivity contribution in [1.82, 2.24) is 10.6 Å². The summed E-state index contributed by atoms with van der Waals surface area (Å²) in [5.74, 6) is -0.331. The van der Waals surface area contributed by atoms with Crippen LogP contribution in [-0.2, 0) is 4.79 Å². The van der Waals surface area contributed by atoms with Crippen LogP contribution >= 0.6 is 0 Å². The third-order valence-corrected chi connectivity index (χ3v) is 2.81. The van der Waals surface area contributed by atoms with Crippen LogP contribution in [0, 0.1) is 5.92 Å². The van der Waals surface area contributed by atoms with Crippen molar-refractivity contribution in [2.45, 2.75) is 65.5 Å². The Hall–Kier alpha value is -1.26. The van der Waals surface area contributed by atoms with Gasteiger partial charge in [0.15, 0.2) is 0 Å². The van der Waals surface area contributed by atoms with E-state index in [0.29, 0.717) is 12.3 Å². The average molecular weight is 258 g/mol. The maximum absolute atomic E-state index is 11.5. The zero-order chi connectivity index (χ0) is 14.1. The van der Waals surface area contributed by atoms with Crippen LogP contribution in [0.4, 0.5) is 4.79 Å². The Morgan fingerprint density at radius 2 is 1.72 bits per heavy atom. The van der Waals surface area contributed by atoms with Crippen LogP contribution in [0.25, 0.3) is 0 Å². The zero-order valence-corrected chi connectivity index (χ0v) is 11.8. The van der Waals surface area contributed by atoms with Gasteiger partial charge in [0.05, 0.1) is 0 Å². The molecule has 0 aliphatic rings. The number of carbonyl (C=O) groups is 2. The van der Waals surface area contributed by atoms with Crippen molar-refractivity contribution in [3.8, 4) is 0 Å². The molecule has 5 heteroatoms. The lowest BCUT2D eigenvalue weighted by Gasteiger charge is -2.17. The van der Waals surface area contributed by atoms with Crippen molar-refractivity contribution in [3.63, 3.8) is 0 Å². The second-order valence-electron chi connectivity index (χ2n) is 5.14. The Morgan fingerprint density at radius 3 is 2.17 bits per heavy atom. The summed E-state index contributed by atoms with van der Waals surface area (Å²) in [5, 5.41) is 14.0. The summed E-state index contributed by atoms with van der Waals surface area (Å²) in [6, 6.07) is -1.15. The number of amides is 2. The fraction of sp³-hybridized carbons (Fsp3) is 0.846. The van der Waals surface area contributed by atoms with E-state index in [4.69, 9.17) is 5.11 Å². The van der Waals surface area contributed by atoms with Gasteiger partial charge in [-0.3, -0.25) is 0 Å². The third kappa shape index (κ3) is 7.92. The summed E-state index contributed by atoms with van der Waals surface area (Å²) in [6.07, 6.45) is 3.50. The molecule has 3 N–H and O–H groups in total. The molecule has 0 bridgehead atoms. The first-order valence-electron chi connectivity index (χ1n) is 6.66. The van der Waals surface area contributed by atoms with Crippen LogP contribution in [0.3, 0.4) is 0 Å². The number of carbonyl (C=O) groups excluding carboxylic acids is 1. The Morgan fingerprint density at radius 1 is 1.11 bits per heavy atom. The summed E-state index contributed by atoms with van der Waals surface area (Å²) in [5.41, 5.74) is 0. The number of rotatable bonds is 8. The highest BCUT2D eigenvalue weighted by atomic mass is 16.4. The molecule has 0 aliphatic heterocycles. The lowest BCUT2D eigenvalue weighted by molar-refractivity contribution is -0.139. The maximum atomic E-state index is 11.5. The van der Waals surface area contributed by atoms with Crippen LogP contribution in [0.2, 0.25) is 0 Å². The molecule has 0 fully saturated rings. The van der Waals surface area contributed by atoms with Gasteiger partial charge < -0.3 is 15.7 Å². The van der Waals surface area contributed by atoms with E-state index < -0.39 is 18.0 Å². The van der Waals surface area contributed by atoms with Crippen molar-refractivity contribution in [2.75, 3.05) is 0 Å².